The molecule has 0 atom stereocenters. The van der Waals surface area contributed by atoms with Crippen molar-refractivity contribution in [3.8, 4) is 0 Å². The monoisotopic (exact) mass is 236 g/mol. The van der Waals surface area contributed by atoms with Crippen molar-refractivity contribution in [2.45, 2.75) is 0 Å². The van der Waals surface area contributed by atoms with Crippen LogP contribution in [-0.2, 0) is 14.8 Å². The number of rotatable bonds is 9. The lowest BCUT2D eigenvalue weighted by Gasteiger charge is -2.20. The first-order valence-corrected chi connectivity index (χ1v) is 6.41. The van der Waals surface area contributed by atoms with Crippen LogP contribution in [0.25, 0.3) is 0 Å². The third kappa shape index (κ3) is 5.88. The van der Waals surface area contributed by atoms with Gasteiger partial charge in [0.05, 0.1) is 12.4 Å². The van der Waals surface area contributed by atoms with Gasteiger partial charge in [-0.25, -0.2) is 8.42 Å². The zero-order chi connectivity index (χ0) is 11.7. The second kappa shape index (κ2) is 7.81. The molecular weight excluding hydrogens is 216 g/mol. The maximum absolute atomic E-state index is 11.8. The molecule has 0 saturated carbocycles. The van der Waals surface area contributed by atoms with Crippen LogP contribution in [0.15, 0.2) is 12.7 Å². The first-order valence-electron chi connectivity index (χ1n) is 4.80. The number of hydrogen-bond donors (Lipinski definition) is 1. The van der Waals surface area contributed by atoms with Gasteiger partial charge in [-0.2, -0.15) is 4.31 Å². The van der Waals surface area contributed by atoms with Crippen molar-refractivity contribution in [3.63, 3.8) is 0 Å². The maximum Gasteiger partial charge on any atom is 0.215 e. The van der Waals surface area contributed by atoms with E-state index in [2.05, 4.69) is 11.9 Å². The van der Waals surface area contributed by atoms with Crippen molar-refractivity contribution in [2.24, 2.45) is 0 Å². The Kier molecular flexibility index (Phi) is 7.59. The van der Waals surface area contributed by atoms with Gasteiger partial charge in [0.1, 0.15) is 0 Å². The van der Waals surface area contributed by atoms with Gasteiger partial charge in [-0.1, -0.05) is 6.08 Å². The predicted molar refractivity (Wildman–Crippen MR) is 61.4 cm³/mol. The number of nitrogens with zero attached hydrogens (tertiary/aromatic N) is 1. The Hall–Kier alpha value is -0.430. The molecule has 15 heavy (non-hydrogen) atoms. The molecule has 0 saturated heterocycles. The van der Waals surface area contributed by atoms with Crippen LogP contribution in [-0.4, -0.2) is 58.9 Å². The highest BCUT2D eigenvalue weighted by Crippen LogP contribution is 2.01. The Morgan fingerprint density at radius 1 is 1.53 bits per heavy atom. The van der Waals surface area contributed by atoms with Gasteiger partial charge in [0.2, 0.25) is 10.0 Å². The number of sulfonamides is 1. The molecule has 0 aliphatic heterocycles. The number of ether oxygens (including phenoxy) is 1. The normalized spacial score (nSPS) is 11.9. The minimum atomic E-state index is -3.20. The molecule has 0 rings (SSSR count). The fraction of sp³-hybridized carbons (Fsp3) is 0.778. The molecule has 0 spiro atoms. The predicted octanol–water partition coefficient (Wildman–Crippen LogP) is -0.330. The van der Waals surface area contributed by atoms with Gasteiger partial charge < -0.3 is 10.1 Å². The van der Waals surface area contributed by atoms with Crippen molar-refractivity contribution >= 4 is 10.0 Å². The van der Waals surface area contributed by atoms with Crippen molar-refractivity contribution in [1.82, 2.24) is 9.62 Å². The largest absolute Gasteiger partial charge is 0.383 e. The Balaban J connectivity index is 4.36. The molecule has 90 valence electrons. The molecule has 0 unspecified atom stereocenters. The Labute approximate surface area is 92.2 Å². The van der Waals surface area contributed by atoms with Crippen LogP contribution in [0, 0.1) is 0 Å². The van der Waals surface area contributed by atoms with Crippen molar-refractivity contribution in [3.05, 3.63) is 12.7 Å². The first-order chi connectivity index (χ1) is 7.08. The number of nitrogens with one attached hydrogen (secondary N) is 1. The lowest BCUT2D eigenvalue weighted by atomic mass is 10.6. The second-order valence-corrected chi connectivity index (χ2v) is 5.15. The van der Waals surface area contributed by atoms with Gasteiger partial charge in [-0.3, -0.25) is 0 Å². The van der Waals surface area contributed by atoms with Crippen LogP contribution in [0.3, 0.4) is 0 Å². The standard InChI is InChI=1S/C9H20N2O3S/c1-4-6-11(7-8-14-3)15(12,13)9-5-10-2/h4,10H,1,5-9H2,2-3H3. The average Bonchev–Trinajstić information content (AvgIpc) is 2.21. The highest BCUT2D eigenvalue weighted by molar-refractivity contribution is 7.89. The van der Waals surface area contributed by atoms with E-state index in [-0.39, 0.29) is 5.75 Å². The summed E-state index contributed by atoms with van der Waals surface area (Å²) in [6.07, 6.45) is 1.58. The maximum atomic E-state index is 11.8. The van der Waals surface area contributed by atoms with Crippen molar-refractivity contribution in [2.75, 3.05) is 46.2 Å². The molecule has 0 radical (unpaired) electrons. The summed E-state index contributed by atoms with van der Waals surface area (Å²) in [5.74, 6) is 0.0983. The molecular formula is C9H20N2O3S. The zero-order valence-corrected chi connectivity index (χ0v) is 10.2. The fourth-order valence-electron chi connectivity index (χ4n) is 1.04. The lowest BCUT2D eigenvalue weighted by Crippen LogP contribution is -2.38. The fourth-order valence-corrected chi connectivity index (χ4v) is 2.45. The molecule has 0 aromatic heterocycles. The molecule has 5 nitrogen and oxygen atoms in total. The molecule has 0 heterocycles. The minimum absolute atomic E-state index is 0.0983. The van der Waals surface area contributed by atoms with E-state index in [1.165, 1.54) is 4.31 Å². The van der Waals surface area contributed by atoms with E-state index in [1.807, 2.05) is 0 Å². The number of hydrogen-bond acceptors (Lipinski definition) is 4. The van der Waals surface area contributed by atoms with Crippen LogP contribution >= 0.6 is 0 Å². The van der Waals surface area contributed by atoms with Crippen LogP contribution in [0.1, 0.15) is 0 Å². The summed E-state index contributed by atoms with van der Waals surface area (Å²) in [6, 6.07) is 0. The van der Waals surface area contributed by atoms with E-state index < -0.39 is 10.0 Å². The van der Waals surface area contributed by atoms with Gasteiger partial charge in [-0.15, -0.1) is 6.58 Å². The summed E-state index contributed by atoms with van der Waals surface area (Å²) in [6.45, 7) is 5.08. The van der Waals surface area contributed by atoms with Gasteiger partial charge in [-0.05, 0) is 7.05 Å². The van der Waals surface area contributed by atoms with Gasteiger partial charge in [0, 0.05) is 26.7 Å². The topological polar surface area (TPSA) is 58.6 Å². The summed E-state index contributed by atoms with van der Waals surface area (Å²) in [5, 5.41) is 2.81. The minimum Gasteiger partial charge on any atom is -0.383 e. The lowest BCUT2D eigenvalue weighted by molar-refractivity contribution is 0.182. The van der Waals surface area contributed by atoms with Gasteiger partial charge >= 0.3 is 0 Å². The quantitative estimate of drug-likeness (QED) is 0.557. The van der Waals surface area contributed by atoms with Gasteiger partial charge in [0.15, 0.2) is 0 Å². The van der Waals surface area contributed by atoms with Crippen LogP contribution in [0.4, 0.5) is 0 Å². The van der Waals surface area contributed by atoms with E-state index >= 15 is 0 Å². The van der Waals surface area contributed by atoms with E-state index in [1.54, 1.807) is 20.2 Å². The zero-order valence-electron chi connectivity index (χ0n) is 9.40. The number of methoxy groups -OCH3 is 1. The molecule has 0 aromatic carbocycles. The highest BCUT2D eigenvalue weighted by Gasteiger charge is 2.19. The highest BCUT2D eigenvalue weighted by atomic mass is 32.2. The van der Waals surface area contributed by atoms with E-state index in [0.29, 0.717) is 26.2 Å². The molecule has 0 fully saturated rings. The van der Waals surface area contributed by atoms with E-state index in [9.17, 15) is 8.42 Å². The average molecular weight is 236 g/mol. The third-order valence-corrected chi connectivity index (χ3v) is 3.72. The van der Waals surface area contributed by atoms with Crippen molar-refractivity contribution in [1.29, 1.82) is 0 Å². The van der Waals surface area contributed by atoms with E-state index in [0.717, 1.165) is 0 Å². The summed E-state index contributed by atoms with van der Waals surface area (Å²) in [4.78, 5) is 0. The molecule has 0 aromatic rings. The van der Waals surface area contributed by atoms with E-state index in [4.69, 9.17) is 4.74 Å². The SMILES string of the molecule is C=CCN(CCOC)S(=O)(=O)CCNC. The van der Waals surface area contributed by atoms with Gasteiger partial charge in [0.25, 0.3) is 0 Å². The van der Waals surface area contributed by atoms with Crippen LogP contribution in [0.5, 0.6) is 0 Å². The molecule has 0 amide bonds. The smallest absolute Gasteiger partial charge is 0.215 e. The van der Waals surface area contributed by atoms with Crippen LogP contribution < -0.4 is 5.32 Å². The summed E-state index contributed by atoms with van der Waals surface area (Å²) >= 11 is 0. The Bertz CT molecular complexity index is 265. The Morgan fingerprint density at radius 3 is 2.67 bits per heavy atom. The second-order valence-electron chi connectivity index (χ2n) is 3.06. The first kappa shape index (κ1) is 14.6. The molecule has 6 heteroatoms. The molecule has 0 bridgehead atoms. The summed E-state index contributed by atoms with van der Waals surface area (Å²) in [5.41, 5.74) is 0. The Morgan fingerprint density at radius 2 is 2.20 bits per heavy atom. The molecule has 0 aliphatic carbocycles. The molecule has 0 aliphatic rings. The van der Waals surface area contributed by atoms with Crippen LogP contribution in [0.2, 0.25) is 0 Å². The summed E-state index contributed by atoms with van der Waals surface area (Å²) in [7, 11) is 0.0733. The molecule has 1 N–H and O–H groups in total. The third-order valence-electron chi connectivity index (χ3n) is 1.88. The summed E-state index contributed by atoms with van der Waals surface area (Å²) < 4.78 is 29.8. The van der Waals surface area contributed by atoms with Crippen molar-refractivity contribution < 1.29 is 13.2 Å².